The number of fused-ring (bicyclic) bond motifs is 5. The largest absolute Gasteiger partial charge is 0.379 e. The third-order valence-corrected chi connectivity index (χ3v) is 10.3. The Hall–Kier alpha value is -1.22. The molecule has 0 bridgehead atoms. The lowest BCUT2D eigenvalue weighted by molar-refractivity contribution is -0.713. The van der Waals surface area contributed by atoms with E-state index >= 15 is 0 Å². The molecule has 0 aromatic carbocycles. The van der Waals surface area contributed by atoms with Crippen molar-refractivity contribution in [3.8, 4) is 0 Å². The topological polar surface area (TPSA) is 87.7 Å². The van der Waals surface area contributed by atoms with Gasteiger partial charge in [0.15, 0.2) is 0 Å². The van der Waals surface area contributed by atoms with E-state index in [4.69, 9.17) is 9.47 Å². The Balaban J connectivity index is 1.06. The molecule has 196 valence electrons. The third kappa shape index (κ3) is 4.53. The summed E-state index contributed by atoms with van der Waals surface area (Å²) >= 11 is 0. The summed E-state index contributed by atoms with van der Waals surface area (Å²) in [5.41, 5.74) is 0. The van der Waals surface area contributed by atoms with Crippen molar-refractivity contribution >= 4 is 11.8 Å². The van der Waals surface area contributed by atoms with Gasteiger partial charge in [-0.2, -0.15) is 0 Å². The van der Waals surface area contributed by atoms with Crippen LogP contribution in [0.3, 0.4) is 0 Å². The van der Waals surface area contributed by atoms with Gasteiger partial charge in [0, 0.05) is 50.5 Å². The van der Waals surface area contributed by atoms with E-state index in [1.165, 1.54) is 32.2 Å². The van der Waals surface area contributed by atoms with Gasteiger partial charge in [-0.1, -0.05) is 12.8 Å². The quantitative estimate of drug-likeness (QED) is 0.563. The van der Waals surface area contributed by atoms with Gasteiger partial charge >= 0.3 is 0 Å². The zero-order valence-electron chi connectivity index (χ0n) is 21.4. The number of carbonyl (C=O) groups excluding carboxylic acids is 2. The summed E-state index contributed by atoms with van der Waals surface area (Å²) in [5.74, 6) is 2.50. The van der Waals surface area contributed by atoms with Gasteiger partial charge in [-0.3, -0.25) is 14.5 Å². The van der Waals surface area contributed by atoms with Crippen molar-refractivity contribution in [2.75, 3.05) is 45.9 Å². The van der Waals surface area contributed by atoms with Gasteiger partial charge in [0.2, 0.25) is 11.8 Å². The van der Waals surface area contributed by atoms with Gasteiger partial charge in [-0.15, -0.1) is 0 Å². The maximum absolute atomic E-state index is 13.7. The van der Waals surface area contributed by atoms with Crippen LogP contribution in [0.2, 0.25) is 0 Å². The number of morpholine rings is 1. The molecule has 2 aliphatic carbocycles. The summed E-state index contributed by atoms with van der Waals surface area (Å²) in [4.78, 5) is 31.2. The molecule has 2 amide bonds. The molecule has 3 N–H and O–H groups in total. The SMILES string of the molecule is CC(OC1CCC2C(C1)C1CC[NH2+]C3C4CCCCC4C(=O)N2C13)C(=O)NCCN1CCOCC1. The summed E-state index contributed by atoms with van der Waals surface area (Å²) in [6, 6.07) is 1.44. The number of piperidine rings is 2. The van der Waals surface area contributed by atoms with Crippen LogP contribution < -0.4 is 10.6 Å². The highest BCUT2D eigenvalue weighted by Crippen LogP contribution is 2.52. The highest BCUT2D eigenvalue weighted by Gasteiger charge is 2.63. The van der Waals surface area contributed by atoms with Crippen LogP contribution in [0.1, 0.15) is 58.3 Å². The number of hydrogen-bond acceptors (Lipinski definition) is 5. The first kappa shape index (κ1) is 24.1. The number of nitrogens with one attached hydrogen (secondary N) is 1. The Morgan fingerprint density at radius 1 is 1.11 bits per heavy atom. The molecule has 4 aliphatic heterocycles. The predicted molar refractivity (Wildman–Crippen MR) is 131 cm³/mol. The molecule has 8 heteroatoms. The number of nitrogens with zero attached hydrogens (tertiary/aromatic N) is 2. The Labute approximate surface area is 209 Å². The van der Waals surface area contributed by atoms with Gasteiger partial charge in [0.1, 0.15) is 12.1 Å². The molecule has 0 aromatic rings. The zero-order chi connectivity index (χ0) is 23.9. The predicted octanol–water partition coefficient (Wildman–Crippen LogP) is 0.360. The van der Waals surface area contributed by atoms with Crippen molar-refractivity contribution in [2.24, 2.45) is 23.7 Å². The van der Waals surface area contributed by atoms with E-state index in [2.05, 4.69) is 20.4 Å². The van der Waals surface area contributed by atoms with Gasteiger partial charge in [-0.05, 0) is 50.9 Å². The van der Waals surface area contributed by atoms with Crippen LogP contribution in [0.4, 0.5) is 0 Å². The molecule has 2 saturated carbocycles. The first-order chi connectivity index (χ1) is 17.1. The molecule has 8 nitrogen and oxygen atoms in total. The Kier molecular flexibility index (Phi) is 7.08. The van der Waals surface area contributed by atoms with E-state index in [1.807, 2.05) is 6.92 Å². The average Bonchev–Trinajstić information content (AvgIpc) is 3.22. The van der Waals surface area contributed by atoms with Crippen molar-refractivity contribution < 1.29 is 24.4 Å². The highest BCUT2D eigenvalue weighted by atomic mass is 16.5. The highest BCUT2D eigenvalue weighted by molar-refractivity contribution is 5.82. The number of hydrogen-bond donors (Lipinski definition) is 2. The summed E-state index contributed by atoms with van der Waals surface area (Å²) in [5, 5.41) is 5.67. The van der Waals surface area contributed by atoms with E-state index < -0.39 is 6.10 Å². The molecule has 4 saturated heterocycles. The lowest BCUT2D eigenvalue weighted by Gasteiger charge is -2.50. The number of quaternary nitrogens is 1. The first-order valence-corrected chi connectivity index (χ1v) is 14.5. The summed E-state index contributed by atoms with van der Waals surface area (Å²) in [6.45, 7) is 8.06. The fraction of sp³-hybridized carbons (Fsp3) is 0.926. The molecular formula is C27H45N4O4+. The van der Waals surface area contributed by atoms with E-state index in [0.717, 1.165) is 58.5 Å². The normalized spacial score (nSPS) is 42.1. The van der Waals surface area contributed by atoms with Gasteiger partial charge in [-0.25, -0.2) is 0 Å². The molecule has 4 heterocycles. The molecular weight excluding hydrogens is 444 g/mol. The van der Waals surface area contributed by atoms with Crippen molar-refractivity contribution in [2.45, 2.75) is 88.6 Å². The van der Waals surface area contributed by atoms with Crippen LogP contribution in [0.15, 0.2) is 0 Å². The smallest absolute Gasteiger partial charge is 0.248 e. The lowest BCUT2D eigenvalue weighted by Crippen LogP contribution is -2.98. The molecule has 0 spiro atoms. The second-order valence-corrected chi connectivity index (χ2v) is 12.0. The molecule has 6 fully saturated rings. The second-order valence-electron chi connectivity index (χ2n) is 12.0. The van der Waals surface area contributed by atoms with Crippen LogP contribution in [0.5, 0.6) is 0 Å². The lowest BCUT2D eigenvalue weighted by atomic mass is 9.66. The van der Waals surface area contributed by atoms with Crippen molar-refractivity contribution in [3.63, 3.8) is 0 Å². The average molecular weight is 490 g/mol. The monoisotopic (exact) mass is 489 g/mol. The van der Waals surface area contributed by atoms with Crippen molar-refractivity contribution in [1.29, 1.82) is 0 Å². The molecule has 9 unspecified atom stereocenters. The Morgan fingerprint density at radius 3 is 2.80 bits per heavy atom. The van der Waals surface area contributed by atoms with Crippen LogP contribution >= 0.6 is 0 Å². The van der Waals surface area contributed by atoms with E-state index in [0.29, 0.717) is 48.3 Å². The Morgan fingerprint density at radius 2 is 1.94 bits per heavy atom. The maximum atomic E-state index is 13.7. The van der Waals surface area contributed by atoms with Crippen LogP contribution in [0.25, 0.3) is 0 Å². The zero-order valence-corrected chi connectivity index (χ0v) is 21.4. The Bertz CT molecular complexity index is 789. The minimum Gasteiger partial charge on any atom is -0.379 e. The van der Waals surface area contributed by atoms with E-state index in [1.54, 1.807) is 0 Å². The number of ether oxygens (including phenoxy) is 2. The van der Waals surface area contributed by atoms with Crippen LogP contribution in [-0.2, 0) is 19.1 Å². The molecule has 6 aliphatic rings. The summed E-state index contributed by atoms with van der Waals surface area (Å²) in [7, 11) is 0. The molecule has 0 aromatic heterocycles. The van der Waals surface area contributed by atoms with E-state index in [-0.39, 0.29) is 17.9 Å². The van der Waals surface area contributed by atoms with E-state index in [9.17, 15) is 9.59 Å². The maximum Gasteiger partial charge on any atom is 0.248 e. The number of nitrogens with two attached hydrogens (primary N) is 1. The fourth-order valence-electron chi connectivity index (χ4n) is 8.75. The third-order valence-electron chi connectivity index (χ3n) is 10.3. The second kappa shape index (κ2) is 10.3. The molecule has 0 radical (unpaired) electrons. The van der Waals surface area contributed by atoms with Gasteiger partial charge < -0.3 is 25.0 Å². The van der Waals surface area contributed by atoms with Crippen LogP contribution in [-0.4, -0.2) is 97.9 Å². The summed E-state index contributed by atoms with van der Waals surface area (Å²) in [6.07, 6.45) is 8.76. The minimum absolute atomic E-state index is 0.00388. The minimum atomic E-state index is -0.429. The fourth-order valence-corrected chi connectivity index (χ4v) is 8.75. The first-order valence-electron chi connectivity index (χ1n) is 14.5. The number of carbonyl (C=O) groups is 2. The number of rotatable bonds is 6. The van der Waals surface area contributed by atoms with Gasteiger partial charge in [0.05, 0.1) is 31.9 Å². The van der Waals surface area contributed by atoms with Crippen LogP contribution in [0, 0.1) is 23.7 Å². The molecule has 35 heavy (non-hydrogen) atoms. The molecule has 6 rings (SSSR count). The molecule has 9 atom stereocenters. The van der Waals surface area contributed by atoms with Crippen molar-refractivity contribution in [3.05, 3.63) is 0 Å². The van der Waals surface area contributed by atoms with Crippen molar-refractivity contribution in [1.82, 2.24) is 15.1 Å². The number of amides is 2. The van der Waals surface area contributed by atoms with Gasteiger partial charge in [0.25, 0.3) is 0 Å². The summed E-state index contributed by atoms with van der Waals surface area (Å²) < 4.78 is 11.8. The standard InChI is InChI=1S/C27H44N4O4/c1-17(26(32)29-10-11-30-12-14-34-15-13-30)35-18-6-7-23-22(16-18)20-8-9-28-24-19-4-2-3-5-21(19)27(33)31(23)25(20)24/h17-25,28H,2-16H2,1H3,(H,29,32)/p+1.